The summed E-state index contributed by atoms with van der Waals surface area (Å²) in [5.74, 6) is 0. The highest BCUT2D eigenvalue weighted by atomic mass is 32.2. The molecule has 17 heavy (non-hydrogen) atoms. The molecule has 7 heteroatoms. The molecule has 2 rings (SSSR count). The second kappa shape index (κ2) is 5.01. The van der Waals surface area contributed by atoms with Crippen LogP contribution in [0, 0.1) is 0 Å². The third-order valence-corrected chi connectivity index (χ3v) is 6.12. The second-order valence-corrected chi connectivity index (χ2v) is 7.58. The largest absolute Gasteiger partial charge is 0.393 e. The second-order valence-electron chi connectivity index (χ2n) is 4.00. The normalized spacial score (nSPS) is 16.3. The Morgan fingerprint density at radius 2 is 2.29 bits per heavy atom. The molecule has 0 amide bonds. The van der Waals surface area contributed by atoms with E-state index in [0.717, 1.165) is 12.8 Å². The van der Waals surface area contributed by atoms with Crippen LogP contribution in [0.15, 0.2) is 21.7 Å². The minimum atomic E-state index is -3.35. The van der Waals surface area contributed by atoms with Crippen molar-refractivity contribution in [1.29, 1.82) is 0 Å². The van der Waals surface area contributed by atoms with Crippen molar-refractivity contribution in [2.45, 2.75) is 29.5 Å². The summed E-state index contributed by atoms with van der Waals surface area (Å²) in [6.45, 7) is 0.389. The van der Waals surface area contributed by atoms with E-state index in [1.165, 1.54) is 15.6 Å². The van der Waals surface area contributed by atoms with Crippen LogP contribution < -0.4 is 5.73 Å². The Morgan fingerprint density at radius 3 is 2.76 bits per heavy atom. The van der Waals surface area contributed by atoms with Crippen molar-refractivity contribution in [2.24, 2.45) is 5.73 Å². The van der Waals surface area contributed by atoms with E-state index in [9.17, 15) is 8.42 Å². The average molecular weight is 290 g/mol. The molecule has 1 aromatic heterocycles. The lowest BCUT2D eigenvalue weighted by Gasteiger charge is -2.20. The lowest BCUT2D eigenvalue weighted by atomic mass is 10.4. The summed E-state index contributed by atoms with van der Waals surface area (Å²) in [7, 11) is -3.35. The van der Waals surface area contributed by atoms with Crippen LogP contribution in [0.3, 0.4) is 0 Å². The van der Waals surface area contributed by atoms with E-state index >= 15 is 0 Å². The minimum absolute atomic E-state index is 0.136. The molecule has 1 fully saturated rings. The molecule has 2 N–H and O–H groups in total. The summed E-state index contributed by atoms with van der Waals surface area (Å²) >= 11 is 6.05. The van der Waals surface area contributed by atoms with Gasteiger partial charge in [-0.2, -0.15) is 4.31 Å². The van der Waals surface area contributed by atoms with Crippen molar-refractivity contribution in [3.63, 3.8) is 0 Å². The van der Waals surface area contributed by atoms with E-state index in [2.05, 4.69) is 0 Å². The van der Waals surface area contributed by atoms with Gasteiger partial charge in [-0.1, -0.05) is 18.3 Å². The van der Waals surface area contributed by atoms with Crippen molar-refractivity contribution < 1.29 is 8.42 Å². The predicted molar refractivity (Wildman–Crippen MR) is 72.6 cm³/mol. The lowest BCUT2D eigenvalue weighted by Crippen LogP contribution is -2.35. The summed E-state index contributed by atoms with van der Waals surface area (Å²) in [5, 5.41) is 1.77. The van der Waals surface area contributed by atoms with Crippen molar-refractivity contribution in [3.8, 4) is 0 Å². The number of rotatable bonds is 6. The van der Waals surface area contributed by atoms with Gasteiger partial charge in [0.2, 0.25) is 0 Å². The van der Waals surface area contributed by atoms with E-state index in [1.54, 1.807) is 17.5 Å². The van der Waals surface area contributed by atoms with Crippen LogP contribution in [0.2, 0.25) is 0 Å². The highest BCUT2D eigenvalue weighted by Crippen LogP contribution is 2.33. The van der Waals surface area contributed by atoms with Crippen LogP contribution in [0.4, 0.5) is 0 Å². The Kier molecular flexibility index (Phi) is 3.82. The molecule has 1 aliphatic carbocycles. The van der Waals surface area contributed by atoms with Crippen molar-refractivity contribution in [1.82, 2.24) is 4.31 Å². The van der Waals surface area contributed by atoms with Gasteiger partial charge in [-0.25, -0.2) is 8.42 Å². The third-order valence-electron chi connectivity index (χ3n) is 2.59. The fraction of sp³-hybridized carbons (Fsp3) is 0.500. The van der Waals surface area contributed by atoms with E-state index in [0.29, 0.717) is 22.2 Å². The molecule has 1 heterocycles. The lowest BCUT2D eigenvalue weighted by molar-refractivity contribution is 0.414. The molecule has 1 aliphatic rings. The number of thiocarbonyl (C=S) groups is 1. The molecule has 0 aromatic carbocycles. The summed E-state index contributed by atoms with van der Waals surface area (Å²) in [5.41, 5.74) is 5.44. The number of nitrogens with zero attached hydrogens (tertiary/aromatic N) is 1. The van der Waals surface area contributed by atoms with Gasteiger partial charge >= 0.3 is 0 Å². The van der Waals surface area contributed by atoms with Crippen molar-refractivity contribution in [3.05, 3.63) is 17.5 Å². The Hall–Kier alpha value is -0.500. The van der Waals surface area contributed by atoms with Crippen molar-refractivity contribution >= 4 is 38.6 Å². The number of hydrogen-bond donors (Lipinski definition) is 1. The SMILES string of the molecule is NC(=S)CCN(C1CC1)S(=O)(=O)c1cccs1. The number of thiophene rings is 1. The van der Waals surface area contributed by atoms with Gasteiger partial charge in [-0.3, -0.25) is 0 Å². The zero-order valence-corrected chi connectivity index (χ0v) is 11.7. The Labute approximate surface area is 110 Å². The van der Waals surface area contributed by atoms with E-state index in [-0.39, 0.29) is 6.04 Å². The van der Waals surface area contributed by atoms with E-state index < -0.39 is 10.0 Å². The fourth-order valence-electron chi connectivity index (χ4n) is 1.61. The zero-order chi connectivity index (χ0) is 12.5. The first-order chi connectivity index (χ1) is 8.01. The summed E-state index contributed by atoms with van der Waals surface area (Å²) in [6.07, 6.45) is 2.31. The molecule has 0 unspecified atom stereocenters. The molecule has 0 atom stereocenters. The molecule has 0 saturated heterocycles. The standard InChI is InChI=1S/C10H14N2O2S3/c11-9(15)5-6-12(8-3-4-8)17(13,14)10-2-1-7-16-10/h1-2,7-8H,3-6H2,(H2,11,15). The molecule has 0 aliphatic heterocycles. The van der Waals surface area contributed by atoms with Gasteiger partial charge in [0.15, 0.2) is 0 Å². The van der Waals surface area contributed by atoms with Crippen LogP contribution in [-0.4, -0.2) is 30.3 Å². The molecule has 94 valence electrons. The van der Waals surface area contributed by atoms with Gasteiger partial charge in [-0.05, 0) is 24.3 Å². The molecule has 1 aromatic rings. The van der Waals surface area contributed by atoms with Gasteiger partial charge < -0.3 is 5.73 Å². The van der Waals surface area contributed by atoms with Crippen LogP contribution in [0.1, 0.15) is 19.3 Å². The first-order valence-electron chi connectivity index (χ1n) is 5.35. The highest BCUT2D eigenvalue weighted by molar-refractivity contribution is 7.91. The number of hydrogen-bond acceptors (Lipinski definition) is 4. The molecule has 4 nitrogen and oxygen atoms in total. The Morgan fingerprint density at radius 1 is 1.59 bits per heavy atom. The van der Waals surface area contributed by atoms with Crippen LogP contribution in [0.25, 0.3) is 0 Å². The molecular weight excluding hydrogens is 276 g/mol. The number of sulfonamides is 1. The summed E-state index contributed by atoms with van der Waals surface area (Å²) in [4.78, 5) is 0.358. The highest BCUT2D eigenvalue weighted by Gasteiger charge is 2.38. The van der Waals surface area contributed by atoms with Gasteiger partial charge in [0, 0.05) is 19.0 Å². The first-order valence-corrected chi connectivity index (χ1v) is 8.08. The zero-order valence-electron chi connectivity index (χ0n) is 9.20. The minimum Gasteiger partial charge on any atom is -0.393 e. The smallest absolute Gasteiger partial charge is 0.252 e. The maximum Gasteiger partial charge on any atom is 0.252 e. The first kappa shape index (κ1) is 12.9. The maximum atomic E-state index is 12.3. The average Bonchev–Trinajstić information content (AvgIpc) is 2.92. The molecule has 0 spiro atoms. The van der Waals surface area contributed by atoms with Gasteiger partial charge in [-0.15, -0.1) is 11.3 Å². The fourth-order valence-corrected chi connectivity index (χ4v) is 4.50. The maximum absolute atomic E-state index is 12.3. The van der Waals surface area contributed by atoms with Crippen molar-refractivity contribution in [2.75, 3.05) is 6.54 Å². The van der Waals surface area contributed by atoms with Gasteiger partial charge in [0.1, 0.15) is 4.21 Å². The Balaban J connectivity index is 2.18. The monoisotopic (exact) mass is 290 g/mol. The molecular formula is C10H14N2O2S3. The molecule has 0 radical (unpaired) electrons. The van der Waals surface area contributed by atoms with E-state index in [1.807, 2.05) is 0 Å². The number of nitrogens with two attached hydrogens (primary N) is 1. The van der Waals surface area contributed by atoms with E-state index in [4.69, 9.17) is 18.0 Å². The summed E-state index contributed by atoms with van der Waals surface area (Å²) in [6, 6.07) is 3.52. The third kappa shape index (κ3) is 3.04. The van der Waals surface area contributed by atoms with Crippen LogP contribution in [-0.2, 0) is 10.0 Å². The van der Waals surface area contributed by atoms with Crippen LogP contribution >= 0.6 is 23.6 Å². The van der Waals surface area contributed by atoms with Gasteiger partial charge in [0.05, 0.1) is 4.99 Å². The Bertz CT molecular complexity index is 492. The predicted octanol–water partition coefficient (Wildman–Crippen LogP) is 1.58. The quantitative estimate of drug-likeness (QED) is 0.808. The topological polar surface area (TPSA) is 63.4 Å². The molecule has 1 saturated carbocycles. The summed E-state index contributed by atoms with van der Waals surface area (Å²) < 4.78 is 26.6. The van der Waals surface area contributed by atoms with Crippen LogP contribution in [0.5, 0.6) is 0 Å². The molecule has 0 bridgehead atoms. The van der Waals surface area contributed by atoms with Gasteiger partial charge in [0.25, 0.3) is 10.0 Å².